The molecule has 1 heterocycles. The molecule has 0 bridgehead atoms. The lowest BCUT2D eigenvalue weighted by Gasteiger charge is -2.17. The summed E-state index contributed by atoms with van der Waals surface area (Å²) in [6.45, 7) is 9.53. The van der Waals surface area contributed by atoms with Crippen LogP contribution in [0.15, 0.2) is 29.7 Å². The molecule has 0 aromatic carbocycles. The van der Waals surface area contributed by atoms with Crippen molar-refractivity contribution >= 4 is 0 Å². The van der Waals surface area contributed by atoms with E-state index in [1.54, 1.807) is 0 Å². The Morgan fingerprint density at radius 1 is 1.52 bits per heavy atom. The van der Waals surface area contributed by atoms with Gasteiger partial charge in [-0.05, 0) is 44.1 Å². The highest BCUT2D eigenvalue weighted by molar-refractivity contribution is 5.09. The first-order chi connectivity index (χ1) is 9.97. The number of ether oxygens (including phenoxy) is 1. The zero-order chi connectivity index (χ0) is 15.8. The largest absolute Gasteiger partial charge is 0.513 e. The van der Waals surface area contributed by atoms with Gasteiger partial charge in [0.2, 0.25) is 0 Å². The Hall–Kier alpha value is -1.20. The molecule has 1 rings (SSSR count). The van der Waals surface area contributed by atoms with Crippen molar-refractivity contribution in [1.82, 2.24) is 0 Å². The van der Waals surface area contributed by atoms with E-state index < -0.39 is 0 Å². The van der Waals surface area contributed by atoms with Gasteiger partial charge in [0.25, 0.3) is 0 Å². The molecule has 0 spiro atoms. The van der Waals surface area contributed by atoms with Gasteiger partial charge < -0.3 is 14.9 Å². The molecule has 120 valence electrons. The van der Waals surface area contributed by atoms with E-state index in [1.807, 2.05) is 6.92 Å². The maximum Gasteiger partial charge on any atom is 0.0927 e. The summed E-state index contributed by atoms with van der Waals surface area (Å²) in [7, 11) is 0. The second-order valence-electron chi connectivity index (χ2n) is 5.94. The van der Waals surface area contributed by atoms with E-state index in [-0.39, 0.29) is 36.5 Å². The monoisotopic (exact) mass is 297 g/mol. The van der Waals surface area contributed by atoms with Gasteiger partial charge in [-0.15, -0.1) is 0 Å². The molecule has 5 nitrogen and oxygen atoms in total. The highest BCUT2D eigenvalue weighted by Gasteiger charge is 2.29. The molecular weight excluding hydrogens is 270 g/mol. The van der Waals surface area contributed by atoms with Crippen LogP contribution in [0.1, 0.15) is 45.4 Å². The summed E-state index contributed by atoms with van der Waals surface area (Å²) in [6.07, 6.45) is 4.35. The zero-order valence-electron chi connectivity index (χ0n) is 12.8. The van der Waals surface area contributed by atoms with E-state index in [2.05, 4.69) is 18.3 Å². The van der Waals surface area contributed by atoms with E-state index >= 15 is 0 Å². The lowest BCUT2D eigenvalue weighted by molar-refractivity contribution is 0.0374. The fraction of sp³-hybridized carbons (Fsp3) is 0.750. The molecule has 1 fully saturated rings. The van der Waals surface area contributed by atoms with Crippen LogP contribution in [0.3, 0.4) is 0 Å². The Bertz CT molecular complexity index is 369. The Morgan fingerprint density at radius 3 is 2.81 bits per heavy atom. The molecule has 0 aromatic heterocycles. The van der Waals surface area contributed by atoms with Gasteiger partial charge in [0.05, 0.1) is 24.0 Å². The molecule has 5 heteroatoms. The number of nitroso groups, excluding NO2 is 1. The highest BCUT2D eigenvalue weighted by atomic mass is 16.5. The van der Waals surface area contributed by atoms with Gasteiger partial charge in [-0.3, -0.25) is 0 Å². The quantitative estimate of drug-likeness (QED) is 0.367. The van der Waals surface area contributed by atoms with Crippen molar-refractivity contribution < 1.29 is 14.9 Å². The van der Waals surface area contributed by atoms with E-state index in [0.29, 0.717) is 12.8 Å². The van der Waals surface area contributed by atoms with Crippen LogP contribution in [0.2, 0.25) is 0 Å². The number of rotatable bonds is 10. The maximum atomic E-state index is 10.9. The SMILES string of the molecule is C=C(O)[C@H](C)C[C@@H](CC[C@@H]1O[C@@H](CCCO)CC1=C)N=O. The first kappa shape index (κ1) is 17.9. The van der Waals surface area contributed by atoms with Crippen LogP contribution < -0.4 is 0 Å². The normalized spacial score (nSPS) is 24.8. The average Bonchev–Trinajstić information content (AvgIpc) is 2.81. The summed E-state index contributed by atoms with van der Waals surface area (Å²) in [5.41, 5.74) is 1.06. The van der Waals surface area contributed by atoms with Crippen molar-refractivity contribution in [2.45, 2.75) is 63.7 Å². The molecule has 1 aliphatic heterocycles. The number of aliphatic hydroxyl groups is 2. The topological polar surface area (TPSA) is 79.1 Å². The molecule has 0 aliphatic carbocycles. The van der Waals surface area contributed by atoms with Crippen LogP contribution in [0.25, 0.3) is 0 Å². The third-order valence-electron chi connectivity index (χ3n) is 4.09. The molecule has 0 radical (unpaired) electrons. The van der Waals surface area contributed by atoms with Gasteiger partial charge >= 0.3 is 0 Å². The molecule has 1 aliphatic rings. The van der Waals surface area contributed by atoms with E-state index in [0.717, 1.165) is 31.3 Å². The van der Waals surface area contributed by atoms with Crippen molar-refractivity contribution in [3.8, 4) is 0 Å². The fourth-order valence-electron chi connectivity index (χ4n) is 2.66. The van der Waals surface area contributed by atoms with Gasteiger partial charge in [-0.25, -0.2) is 0 Å². The number of allylic oxidation sites excluding steroid dienone is 1. The Kier molecular flexibility index (Phi) is 7.61. The molecule has 21 heavy (non-hydrogen) atoms. The minimum atomic E-state index is -0.336. The van der Waals surface area contributed by atoms with Crippen LogP contribution in [-0.4, -0.2) is 35.1 Å². The molecule has 0 saturated carbocycles. The minimum absolute atomic E-state index is 0.0226. The van der Waals surface area contributed by atoms with Crippen molar-refractivity contribution in [2.75, 3.05) is 6.61 Å². The van der Waals surface area contributed by atoms with Gasteiger partial charge in [-0.1, -0.05) is 25.3 Å². The standard InChI is InChI=1S/C16H27NO4/c1-11(13(3)19)9-14(17-20)6-7-16-12(2)10-15(21-16)5-4-8-18/h11,14-16,18-19H,2-10H2,1H3/t11-,14-,15+,16+/m1/s1. The van der Waals surface area contributed by atoms with Gasteiger partial charge in [0.15, 0.2) is 0 Å². The third kappa shape index (κ3) is 5.98. The number of aliphatic hydroxyl groups excluding tert-OH is 2. The zero-order valence-corrected chi connectivity index (χ0v) is 12.8. The lowest BCUT2D eigenvalue weighted by Crippen LogP contribution is -2.17. The molecule has 1 saturated heterocycles. The third-order valence-corrected chi connectivity index (χ3v) is 4.09. The lowest BCUT2D eigenvalue weighted by atomic mass is 9.95. The molecule has 0 unspecified atom stereocenters. The van der Waals surface area contributed by atoms with Crippen LogP contribution >= 0.6 is 0 Å². The fourth-order valence-corrected chi connectivity index (χ4v) is 2.66. The van der Waals surface area contributed by atoms with Crippen molar-refractivity contribution in [1.29, 1.82) is 0 Å². The molecule has 2 N–H and O–H groups in total. The second-order valence-corrected chi connectivity index (χ2v) is 5.94. The minimum Gasteiger partial charge on any atom is -0.513 e. The van der Waals surface area contributed by atoms with E-state index in [4.69, 9.17) is 9.84 Å². The van der Waals surface area contributed by atoms with E-state index in [1.165, 1.54) is 0 Å². The molecular formula is C16H27NO4. The van der Waals surface area contributed by atoms with Crippen LogP contribution in [0, 0.1) is 10.8 Å². The van der Waals surface area contributed by atoms with Crippen molar-refractivity contribution in [3.05, 3.63) is 29.4 Å². The summed E-state index contributed by atoms with van der Waals surface area (Å²) < 4.78 is 5.90. The van der Waals surface area contributed by atoms with Crippen LogP contribution in [-0.2, 0) is 4.74 Å². The Balaban J connectivity index is 2.37. The molecule has 4 atom stereocenters. The van der Waals surface area contributed by atoms with Gasteiger partial charge in [-0.2, -0.15) is 4.91 Å². The first-order valence-electron chi connectivity index (χ1n) is 7.62. The summed E-state index contributed by atoms with van der Waals surface area (Å²) in [5, 5.41) is 21.3. The number of hydrogen-bond acceptors (Lipinski definition) is 5. The summed E-state index contributed by atoms with van der Waals surface area (Å²) in [4.78, 5) is 10.9. The summed E-state index contributed by atoms with van der Waals surface area (Å²) >= 11 is 0. The highest BCUT2D eigenvalue weighted by Crippen LogP contribution is 2.31. The average molecular weight is 297 g/mol. The smallest absolute Gasteiger partial charge is 0.0927 e. The maximum absolute atomic E-state index is 10.9. The Morgan fingerprint density at radius 2 is 2.24 bits per heavy atom. The summed E-state index contributed by atoms with van der Waals surface area (Å²) in [5.74, 6) is -0.0352. The van der Waals surface area contributed by atoms with Gasteiger partial charge in [0.1, 0.15) is 0 Å². The van der Waals surface area contributed by atoms with Crippen LogP contribution in [0.4, 0.5) is 0 Å². The van der Waals surface area contributed by atoms with E-state index in [9.17, 15) is 10.0 Å². The number of nitrogens with zero attached hydrogens (tertiary/aromatic N) is 1. The predicted octanol–water partition coefficient (Wildman–Crippen LogP) is 3.49. The van der Waals surface area contributed by atoms with Crippen LogP contribution in [0.5, 0.6) is 0 Å². The molecule has 0 aromatic rings. The predicted molar refractivity (Wildman–Crippen MR) is 83.1 cm³/mol. The Labute approximate surface area is 126 Å². The molecule has 0 amide bonds. The van der Waals surface area contributed by atoms with Crippen molar-refractivity contribution in [3.63, 3.8) is 0 Å². The van der Waals surface area contributed by atoms with Gasteiger partial charge in [0, 0.05) is 12.5 Å². The first-order valence-corrected chi connectivity index (χ1v) is 7.62. The van der Waals surface area contributed by atoms with Crippen molar-refractivity contribution in [2.24, 2.45) is 11.1 Å². The number of hydrogen-bond donors (Lipinski definition) is 2. The second kappa shape index (κ2) is 8.95. The summed E-state index contributed by atoms with van der Waals surface area (Å²) in [6, 6.07) is -0.336.